The fraction of sp³-hybridized carbons (Fsp3) is 1.00. The van der Waals surface area contributed by atoms with Crippen LogP contribution in [0.25, 0.3) is 0 Å². The number of fused-ring (bicyclic) bond motifs is 1. The fourth-order valence-corrected chi connectivity index (χ4v) is 10.2. The highest BCUT2D eigenvalue weighted by Crippen LogP contribution is 2.82. The van der Waals surface area contributed by atoms with Crippen molar-refractivity contribution in [3.63, 3.8) is 0 Å². The van der Waals surface area contributed by atoms with Crippen molar-refractivity contribution in [3.8, 4) is 0 Å². The Morgan fingerprint density at radius 2 is 1.78 bits per heavy atom. The van der Waals surface area contributed by atoms with E-state index in [-0.39, 0.29) is 41.2 Å². The van der Waals surface area contributed by atoms with Gasteiger partial charge < -0.3 is 20.7 Å². The lowest BCUT2D eigenvalue weighted by molar-refractivity contribution is -0.141. The minimum absolute atomic E-state index is 0.0242. The number of rotatable bonds is 5. The molecule has 5 rings (SSSR count). The SMILES string of the molecule is CC1[C@@H](O)C2OC(CCN)C[C@@H](C)C2[C@@]1(C)CCC12CCC[C@H]3C(C)(C)[C@@H](O)CC[C@@]31C2. The maximum Gasteiger partial charge on any atom is 0.0876 e. The minimum atomic E-state index is -0.360. The van der Waals surface area contributed by atoms with Gasteiger partial charge in [0, 0.05) is 0 Å². The molecule has 184 valence electrons. The summed E-state index contributed by atoms with van der Waals surface area (Å²) in [6, 6.07) is 0. The van der Waals surface area contributed by atoms with E-state index in [9.17, 15) is 10.2 Å². The number of aliphatic hydroxyl groups is 2. The standard InChI is InChI=1S/C28H49NO3/c1-17-15-19(9-14-29)32-24-22(17)26(5,18(2)23(24)31)12-13-27-10-6-7-20-25(3,4)21(30)8-11-28(20,27)16-27/h17-24,30-31H,6-16,29H2,1-5H3/t17-,18?,19?,20+,21+,22?,23-,24?,26+,27?,28-/m1/s1. The van der Waals surface area contributed by atoms with Crippen LogP contribution in [0.5, 0.6) is 0 Å². The van der Waals surface area contributed by atoms with Crippen molar-refractivity contribution in [1.29, 1.82) is 0 Å². The minimum Gasteiger partial charge on any atom is -0.393 e. The molecule has 1 aliphatic heterocycles. The molecule has 4 nitrogen and oxygen atoms in total. The van der Waals surface area contributed by atoms with Crippen molar-refractivity contribution in [2.45, 2.75) is 123 Å². The normalized spacial score (nSPS) is 56.2. The smallest absolute Gasteiger partial charge is 0.0876 e. The summed E-state index contributed by atoms with van der Waals surface area (Å²) < 4.78 is 6.49. The molecule has 5 unspecified atom stereocenters. The highest BCUT2D eigenvalue weighted by molar-refractivity contribution is 5.23. The first-order chi connectivity index (χ1) is 15.0. The Hall–Kier alpha value is -0.160. The van der Waals surface area contributed by atoms with E-state index < -0.39 is 0 Å². The molecule has 1 saturated heterocycles. The van der Waals surface area contributed by atoms with Crippen molar-refractivity contribution >= 4 is 0 Å². The van der Waals surface area contributed by atoms with Crippen molar-refractivity contribution in [3.05, 3.63) is 0 Å². The first-order valence-electron chi connectivity index (χ1n) is 13.7. The van der Waals surface area contributed by atoms with Gasteiger partial charge in [0.2, 0.25) is 0 Å². The summed E-state index contributed by atoms with van der Waals surface area (Å²) in [7, 11) is 0. The van der Waals surface area contributed by atoms with Crippen LogP contribution in [0.1, 0.15) is 98.8 Å². The number of ether oxygens (including phenoxy) is 1. The van der Waals surface area contributed by atoms with E-state index in [1.165, 1.54) is 44.9 Å². The fourth-order valence-electron chi connectivity index (χ4n) is 10.2. The molecule has 4 heteroatoms. The molecule has 0 aromatic carbocycles. The summed E-state index contributed by atoms with van der Waals surface area (Å²) in [4.78, 5) is 0. The molecule has 5 aliphatic rings. The largest absolute Gasteiger partial charge is 0.393 e. The summed E-state index contributed by atoms with van der Waals surface area (Å²) in [6.07, 6.45) is 11.8. The highest BCUT2D eigenvalue weighted by Gasteiger charge is 2.74. The van der Waals surface area contributed by atoms with Gasteiger partial charge in [-0.25, -0.2) is 0 Å². The zero-order valence-electron chi connectivity index (χ0n) is 21.3. The Labute approximate surface area is 196 Å². The number of nitrogens with two attached hydrogens (primary N) is 1. The van der Waals surface area contributed by atoms with Gasteiger partial charge in [0.15, 0.2) is 0 Å². The second-order valence-corrected chi connectivity index (χ2v) is 13.8. The predicted molar refractivity (Wildman–Crippen MR) is 128 cm³/mol. The third kappa shape index (κ3) is 3.08. The van der Waals surface area contributed by atoms with E-state index in [0.29, 0.717) is 35.1 Å². The van der Waals surface area contributed by atoms with Gasteiger partial charge in [-0.05, 0) is 110 Å². The van der Waals surface area contributed by atoms with Crippen LogP contribution < -0.4 is 5.73 Å². The zero-order valence-corrected chi connectivity index (χ0v) is 21.3. The lowest BCUT2D eigenvalue weighted by atomic mass is 9.53. The van der Waals surface area contributed by atoms with Crippen LogP contribution in [0.4, 0.5) is 0 Å². The van der Waals surface area contributed by atoms with Crippen molar-refractivity contribution in [2.75, 3.05) is 6.54 Å². The van der Waals surface area contributed by atoms with Crippen molar-refractivity contribution in [1.82, 2.24) is 0 Å². The Kier molecular flexibility index (Phi) is 5.65. The lowest BCUT2D eigenvalue weighted by Crippen LogP contribution is -2.49. The Morgan fingerprint density at radius 3 is 2.50 bits per heavy atom. The van der Waals surface area contributed by atoms with E-state index in [2.05, 4.69) is 34.6 Å². The molecule has 1 spiro atoms. The molecule has 4 N–H and O–H groups in total. The average Bonchev–Trinajstić information content (AvgIpc) is 3.37. The number of hydrogen-bond acceptors (Lipinski definition) is 4. The molecule has 0 amide bonds. The van der Waals surface area contributed by atoms with Crippen LogP contribution in [0.2, 0.25) is 0 Å². The van der Waals surface area contributed by atoms with E-state index in [4.69, 9.17) is 10.5 Å². The summed E-state index contributed by atoms with van der Waals surface area (Å²) in [5.74, 6) is 1.96. The summed E-state index contributed by atoms with van der Waals surface area (Å²) >= 11 is 0. The second kappa shape index (κ2) is 7.67. The third-order valence-electron chi connectivity index (χ3n) is 12.3. The lowest BCUT2D eigenvalue weighted by Gasteiger charge is -2.53. The van der Waals surface area contributed by atoms with Crippen LogP contribution in [0.15, 0.2) is 0 Å². The van der Waals surface area contributed by atoms with Crippen LogP contribution in [-0.2, 0) is 4.74 Å². The van der Waals surface area contributed by atoms with Crippen LogP contribution in [0, 0.1) is 45.3 Å². The van der Waals surface area contributed by atoms with Crippen molar-refractivity contribution in [2.24, 2.45) is 51.1 Å². The van der Waals surface area contributed by atoms with E-state index in [0.717, 1.165) is 19.3 Å². The first kappa shape index (κ1) is 23.6. The molecule has 0 aromatic heterocycles. The second-order valence-electron chi connectivity index (χ2n) is 13.8. The quantitative estimate of drug-likeness (QED) is 0.560. The topological polar surface area (TPSA) is 75.7 Å². The van der Waals surface area contributed by atoms with Gasteiger partial charge in [-0.1, -0.05) is 41.0 Å². The average molecular weight is 448 g/mol. The molecule has 4 saturated carbocycles. The Bertz CT molecular complexity index is 725. The van der Waals surface area contributed by atoms with Crippen LogP contribution in [0.3, 0.4) is 0 Å². The van der Waals surface area contributed by atoms with E-state index in [1.54, 1.807) is 0 Å². The van der Waals surface area contributed by atoms with Gasteiger partial charge >= 0.3 is 0 Å². The van der Waals surface area contributed by atoms with E-state index in [1.807, 2.05) is 0 Å². The Balaban J connectivity index is 1.35. The molecule has 32 heavy (non-hydrogen) atoms. The van der Waals surface area contributed by atoms with Gasteiger partial charge in [0.05, 0.1) is 24.4 Å². The highest BCUT2D eigenvalue weighted by atomic mass is 16.5. The molecular formula is C28H49NO3. The molecule has 11 atom stereocenters. The third-order valence-corrected chi connectivity index (χ3v) is 12.3. The van der Waals surface area contributed by atoms with Crippen LogP contribution in [-0.4, -0.2) is 41.2 Å². The van der Waals surface area contributed by atoms with Gasteiger partial charge in [-0.2, -0.15) is 0 Å². The molecule has 0 aromatic rings. The summed E-state index contributed by atoms with van der Waals surface area (Å²) in [5, 5.41) is 22.0. The van der Waals surface area contributed by atoms with Gasteiger partial charge in [0.25, 0.3) is 0 Å². The Morgan fingerprint density at radius 1 is 1.03 bits per heavy atom. The monoisotopic (exact) mass is 447 g/mol. The van der Waals surface area contributed by atoms with Gasteiger partial charge in [-0.15, -0.1) is 0 Å². The molecule has 0 radical (unpaired) electrons. The van der Waals surface area contributed by atoms with Crippen LogP contribution >= 0.6 is 0 Å². The molecule has 0 bridgehead atoms. The molecular weight excluding hydrogens is 398 g/mol. The molecule has 1 heterocycles. The summed E-state index contributed by atoms with van der Waals surface area (Å²) in [6.45, 7) is 12.5. The van der Waals surface area contributed by atoms with Gasteiger partial charge in [-0.3, -0.25) is 0 Å². The zero-order chi connectivity index (χ0) is 23.1. The molecule has 4 aliphatic carbocycles. The molecule has 5 fully saturated rings. The number of hydrogen-bond donors (Lipinski definition) is 3. The van der Waals surface area contributed by atoms with E-state index >= 15 is 0 Å². The number of aliphatic hydroxyl groups excluding tert-OH is 2. The van der Waals surface area contributed by atoms with Gasteiger partial charge in [0.1, 0.15) is 0 Å². The summed E-state index contributed by atoms with van der Waals surface area (Å²) in [5.41, 5.74) is 6.98. The predicted octanol–water partition coefficient (Wildman–Crippen LogP) is 4.90. The maximum absolute atomic E-state index is 11.2. The van der Waals surface area contributed by atoms with Crippen molar-refractivity contribution < 1.29 is 14.9 Å². The maximum atomic E-state index is 11.2. The first-order valence-corrected chi connectivity index (χ1v) is 13.7.